The summed E-state index contributed by atoms with van der Waals surface area (Å²) in [4.78, 5) is 0. The highest BCUT2D eigenvalue weighted by molar-refractivity contribution is 5.49. The van der Waals surface area contributed by atoms with Gasteiger partial charge in [-0.05, 0) is 38.5 Å². The third-order valence-electron chi connectivity index (χ3n) is 2.07. The predicted octanol–water partition coefficient (Wildman–Crippen LogP) is 3.51. The van der Waals surface area contributed by atoms with Gasteiger partial charge in [0.25, 0.3) is 0 Å². The van der Waals surface area contributed by atoms with Gasteiger partial charge < -0.3 is 5.32 Å². The molecule has 0 aliphatic rings. The van der Waals surface area contributed by atoms with E-state index in [1.165, 1.54) is 0 Å². The van der Waals surface area contributed by atoms with Gasteiger partial charge in [-0.25, -0.2) is 13.2 Å². The van der Waals surface area contributed by atoms with Crippen molar-refractivity contribution in [2.45, 2.75) is 26.3 Å². The van der Waals surface area contributed by atoms with E-state index in [1.807, 2.05) is 20.8 Å². The van der Waals surface area contributed by atoms with E-state index in [2.05, 4.69) is 5.32 Å². The number of hydrogen-bond donors (Lipinski definition) is 1. The monoisotopic (exact) mass is 243 g/mol. The Morgan fingerprint density at radius 1 is 1.12 bits per heavy atom. The first-order valence-corrected chi connectivity index (χ1v) is 5.36. The first-order valence-electron chi connectivity index (χ1n) is 5.36. The van der Waals surface area contributed by atoms with Gasteiger partial charge in [-0.1, -0.05) is 12.2 Å². The Morgan fingerprint density at radius 3 is 2.12 bits per heavy atom. The predicted molar refractivity (Wildman–Crippen MR) is 63.1 cm³/mol. The molecule has 0 spiro atoms. The van der Waals surface area contributed by atoms with Crippen molar-refractivity contribution in [3.05, 3.63) is 41.2 Å². The minimum atomic E-state index is -1.44. The van der Waals surface area contributed by atoms with Gasteiger partial charge in [0.2, 0.25) is 0 Å². The third kappa shape index (κ3) is 4.61. The van der Waals surface area contributed by atoms with E-state index in [9.17, 15) is 13.2 Å². The van der Waals surface area contributed by atoms with Gasteiger partial charge in [-0.2, -0.15) is 0 Å². The molecule has 4 heteroatoms. The molecule has 0 unspecified atom stereocenters. The molecule has 1 aromatic carbocycles. The van der Waals surface area contributed by atoms with Crippen LogP contribution in [-0.4, -0.2) is 12.1 Å². The minimum Gasteiger partial charge on any atom is -0.309 e. The van der Waals surface area contributed by atoms with Gasteiger partial charge >= 0.3 is 0 Å². The first kappa shape index (κ1) is 13.8. The van der Waals surface area contributed by atoms with Crippen LogP contribution in [0, 0.1) is 17.5 Å². The van der Waals surface area contributed by atoms with Crippen molar-refractivity contribution in [3.63, 3.8) is 0 Å². The summed E-state index contributed by atoms with van der Waals surface area (Å²) in [5.41, 5.74) is 0.279. The van der Waals surface area contributed by atoms with E-state index >= 15 is 0 Å². The maximum absolute atomic E-state index is 12.9. The van der Waals surface area contributed by atoms with E-state index in [1.54, 1.807) is 12.2 Å². The molecule has 0 aromatic heterocycles. The normalized spacial score (nSPS) is 12.4. The summed E-state index contributed by atoms with van der Waals surface area (Å²) in [6.07, 6.45) is 3.28. The minimum absolute atomic E-state index is 0.0242. The maximum atomic E-state index is 12.9. The fourth-order valence-corrected chi connectivity index (χ4v) is 1.23. The molecule has 1 N–H and O–H groups in total. The van der Waals surface area contributed by atoms with Crippen LogP contribution < -0.4 is 5.32 Å². The molecule has 0 saturated carbocycles. The van der Waals surface area contributed by atoms with Crippen LogP contribution in [0.15, 0.2) is 18.2 Å². The molecular weight excluding hydrogens is 227 g/mol. The van der Waals surface area contributed by atoms with Crippen LogP contribution in [0.2, 0.25) is 0 Å². The van der Waals surface area contributed by atoms with Crippen LogP contribution in [0.4, 0.5) is 13.2 Å². The molecule has 94 valence electrons. The van der Waals surface area contributed by atoms with Gasteiger partial charge in [0.05, 0.1) is 0 Å². The van der Waals surface area contributed by atoms with Gasteiger partial charge in [-0.3, -0.25) is 0 Å². The van der Waals surface area contributed by atoms with Crippen LogP contribution in [0.3, 0.4) is 0 Å². The molecule has 0 radical (unpaired) electrons. The van der Waals surface area contributed by atoms with E-state index in [0.717, 1.165) is 12.1 Å². The molecule has 1 aromatic rings. The number of halogens is 3. The van der Waals surface area contributed by atoms with Gasteiger partial charge in [0.15, 0.2) is 17.5 Å². The van der Waals surface area contributed by atoms with Crippen LogP contribution in [0.1, 0.15) is 26.3 Å². The molecule has 0 heterocycles. The number of hydrogen-bond acceptors (Lipinski definition) is 1. The average molecular weight is 243 g/mol. The highest BCUT2D eigenvalue weighted by Crippen LogP contribution is 2.14. The molecule has 17 heavy (non-hydrogen) atoms. The maximum Gasteiger partial charge on any atom is 0.194 e. The quantitative estimate of drug-likeness (QED) is 0.801. The molecule has 1 nitrogen and oxygen atoms in total. The van der Waals surface area contributed by atoms with Crippen LogP contribution in [-0.2, 0) is 0 Å². The van der Waals surface area contributed by atoms with Crippen LogP contribution in [0.25, 0.3) is 6.08 Å². The lowest BCUT2D eigenvalue weighted by molar-refractivity contribution is 0.446. The van der Waals surface area contributed by atoms with Crippen molar-refractivity contribution in [2.75, 3.05) is 6.54 Å². The fourth-order valence-electron chi connectivity index (χ4n) is 1.23. The summed E-state index contributed by atoms with van der Waals surface area (Å²) < 4.78 is 38.4. The molecule has 0 saturated heterocycles. The van der Waals surface area contributed by atoms with E-state index in [-0.39, 0.29) is 5.54 Å². The van der Waals surface area contributed by atoms with E-state index in [4.69, 9.17) is 0 Å². The van der Waals surface area contributed by atoms with Crippen molar-refractivity contribution >= 4 is 6.08 Å². The number of nitrogens with one attached hydrogen (secondary N) is 1. The van der Waals surface area contributed by atoms with Crippen molar-refractivity contribution in [1.82, 2.24) is 5.32 Å². The van der Waals surface area contributed by atoms with E-state index < -0.39 is 17.5 Å². The molecule has 0 bridgehead atoms. The number of rotatable bonds is 3. The average Bonchev–Trinajstić information content (AvgIpc) is 2.19. The second kappa shape index (κ2) is 5.36. The molecule has 0 atom stereocenters. The van der Waals surface area contributed by atoms with Gasteiger partial charge in [-0.15, -0.1) is 0 Å². The lowest BCUT2D eigenvalue weighted by Crippen LogP contribution is -2.35. The second-order valence-electron chi connectivity index (χ2n) is 4.83. The summed E-state index contributed by atoms with van der Waals surface area (Å²) in [6, 6.07) is 1.93. The Kier molecular flexibility index (Phi) is 4.34. The zero-order chi connectivity index (χ0) is 13.1. The molecule has 0 aliphatic heterocycles. The van der Waals surface area contributed by atoms with E-state index in [0.29, 0.717) is 12.1 Å². The Labute approximate surface area is 99.3 Å². The Balaban J connectivity index is 2.66. The molecule has 0 aliphatic carbocycles. The third-order valence-corrected chi connectivity index (χ3v) is 2.07. The Bertz CT molecular complexity index is 396. The summed E-state index contributed by atoms with van der Waals surface area (Å²) in [6.45, 7) is 6.61. The highest BCUT2D eigenvalue weighted by Gasteiger charge is 2.09. The van der Waals surface area contributed by atoms with Crippen LogP contribution in [0.5, 0.6) is 0 Å². The topological polar surface area (TPSA) is 12.0 Å². The van der Waals surface area contributed by atoms with Crippen LogP contribution >= 0.6 is 0 Å². The second-order valence-corrected chi connectivity index (χ2v) is 4.83. The summed E-state index contributed by atoms with van der Waals surface area (Å²) >= 11 is 0. The zero-order valence-electron chi connectivity index (χ0n) is 10.2. The molecular formula is C13H16F3N. The summed E-state index contributed by atoms with van der Waals surface area (Å²) in [5, 5.41) is 3.18. The lowest BCUT2D eigenvalue weighted by Gasteiger charge is -2.18. The van der Waals surface area contributed by atoms with Crippen molar-refractivity contribution in [3.8, 4) is 0 Å². The van der Waals surface area contributed by atoms with Crippen molar-refractivity contribution < 1.29 is 13.2 Å². The van der Waals surface area contributed by atoms with Crippen molar-refractivity contribution in [2.24, 2.45) is 0 Å². The van der Waals surface area contributed by atoms with Gasteiger partial charge in [0.1, 0.15) is 0 Å². The zero-order valence-corrected chi connectivity index (χ0v) is 10.2. The Morgan fingerprint density at radius 2 is 1.65 bits per heavy atom. The van der Waals surface area contributed by atoms with Gasteiger partial charge in [0, 0.05) is 12.1 Å². The highest BCUT2D eigenvalue weighted by atomic mass is 19.2. The standard InChI is InChI=1S/C13H16F3N/c1-13(2,3)17-6-4-5-9-7-10(14)12(16)11(15)8-9/h4-5,7-8,17H,6H2,1-3H3. The molecule has 0 fully saturated rings. The number of benzene rings is 1. The summed E-state index contributed by atoms with van der Waals surface area (Å²) in [5.74, 6) is -3.78. The van der Waals surface area contributed by atoms with Crippen molar-refractivity contribution in [1.29, 1.82) is 0 Å². The molecule has 1 rings (SSSR count). The Hall–Kier alpha value is -1.29. The molecule has 0 amide bonds. The fraction of sp³-hybridized carbons (Fsp3) is 0.385. The SMILES string of the molecule is CC(C)(C)NCC=Cc1cc(F)c(F)c(F)c1. The summed E-state index contributed by atoms with van der Waals surface area (Å²) in [7, 11) is 0. The lowest BCUT2D eigenvalue weighted by atomic mass is 10.1. The first-order chi connectivity index (χ1) is 7.79. The largest absolute Gasteiger partial charge is 0.309 e. The smallest absolute Gasteiger partial charge is 0.194 e.